The fourth-order valence-corrected chi connectivity index (χ4v) is 4.05. The fraction of sp³-hybridized carbons (Fsp3) is 0.381. The van der Waals surface area contributed by atoms with Crippen LogP contribution in [-0.2, 0) is 10.0 Å². The van der Waals surface area contributed by atoms with Crippen LogP contribution in [0.4, 0.5) is 0 Å². The van der Waals surface area contributed by atoms with Gasteiger partial charge in [0, 0.05) is 52.4 Å². The van der Waals surface area contributed by atoms with Crippen molar-refractivity contribution < 1.29 is 17.9 Å². The van der Waals surface area contributed by atoms with Gasteiger partial charge in [0.2, 0.25) is 10.0 Å². The van der Waals surface area contributed by atoms with Crippen molar-refractivity contribution in [3.63, 3.8) is 0 Å². The summed E-state index contributed by atoms with van der Waals surface area (Å²) < 4.78 is 31.2. The molecule has 29 heavy (non-hydrogen) atoms. The van der Waals surface area contributed by atoms with Gasteiger partial charge >= 0.3 is 0 Å². The van der Waals surface area contributed by atoms with Gasteiger partial charge in [-0.2, -0.15) is 0 Å². The van der Waals surface area contributed by atoms with E-state index in [1.165, 1.54) is 26.2 Å². The highest BCUT2D eigenvalue weighted by molar-refractivity contribution is 7.89. The van der Waals surface area contributed by atoms with E-state index in [-0.39, 0.29) is 10.8 Å². The van der Waals surface area contributed by atoms with Gasteiger partial charge in [0.1, 0.15) is 12.4 Å². The molecule has 0 aromatic heterocycles. The summed E-state index contributed by atoms with van der Waals surface area (Å²) in [6.45, 7) is 4.28. The topological polar surface area (TPSA) is 70.2 Å². The second-order valence-electron chi connectivity index (χ2n) is 7.11. The van der Waals surface area contributed by atoms with Crippen molar-refractivity contribution in [3.05, 3.63) is 60.2 Å². The number of benzene rings is 2. The molecule has 0 spiro atoms. The molecular weight excluding hydrogens is 390 g/mol. The van der Waals surface area contributed by atoms with Crippen LogP contribution in [0.25, 0.3) is 0 Å². The Morgan fingerprint density at radius 1 is 0.966 bits per heavy atom. The van der Waals surface area contributed by atoms with E-state index < -0.39 is 10.0 Å². The van der Waals surface area contributed by atoms with Crippen molar-refractivity contribution in [2.45, 2.75) is 4.90 Å². The molecule has 2 aromatic rings. The number of piperazine rings is 1. The number of carbonyl (C=O) groups excluding carboxylic acids is 1. The number of sulfonamides is 1. The van der Waals surface area contributed by atoms with Crippen molar-refractivity contribution in [2.75, 3.05) is 53.4 Å². The van der Waals surface area contributed by atoms with Gasteiger partial charge in [-0.05, 0) is 36.4 Å². The van der Waals surface area contributed by atoms with Gasteiger partial charge in [-0.15, -0.1) is 0 Å². The van der Waals surface area contributed by atoms with E-state index in [0.717, 1.165) is 29.7 Å². The van der Waals surface area contributed by atoms with E-state index in [1.807, 2.05) is 35.2 Å². The molecule has 3 rings (SSSR count). The van der Waals surface area contributed by atoms with Crippen LogP contribution in [0.3, 0.4) is 0 Å². The Balaban J connectivity index is 1.48. The first-order valence-corrected chi connectivity index (χ1v) is 11.0. The number of para-hydroxylation sites is 1. The number of ether oxygens (including phenoxy) is 1. The molecule has 0 saturated carbocycles. The molecular formula is C21H27N3O4S. The number of hydrogen-bond donors (Lipinski definition) is 0. The highest BCUT2D eigenvalue weighted by atomic mass is 32.2. The second kappa shape index (κ2) is 9.39. The maximum atomic E-state index is 12.7. The zero-order valence-corrected chi connectivity index (χ0v) is 17.6. The third-order valence-electron chi connectivity index (χ3n) is 4.96. The molecule has 1 amide bonds. The van der Waals surface area contributed by atoms with Crippen LogP contribution in [0, 0.1) is 0 Å². The summed E-state index contributed by atoms with van der Waals surface area (Å²) in [5.41, 5.74) is 0.503. The largest absolute Gasteiger partial charge is 0.492 e. The smallest absolute Gasteiger partial charge is 0.253 e. The van der Waals surface area contributed by atoms with Crippen LogP contribution in [0.5, 0.6) is 5.75 Å². The Kier molecular flexibility index (Phi) is 6.89. The van der Waals surface area contributed by atoms with E-state index >= 15 is 0 Å². The minimum absolute atomic E-state index is 0.0704. The number of carbonyl (C=O) groups is 1. The van der Waals surface area contributed by atoms with Crippen molar-refractivity contribution in [1.82, 2.24) is 14.1 Å². The van der Waals surface area contributed by atoms with Crippen LogP contribution in [0.2, 0.25) is 0 Å². The van der Waals surface area contributed by atoms with E-state index in [1.54, 1.807) is 12.1 Å². The van der Waals surface area contributed by atoms with Crippen LogP contribution in [0.15, 0.2) is 59.5 Å². The van der Waals surface area contributed by atoms with Gasteiger partial charge in [-0.3, -0.25) is 9.69 Å². The van der Waals surface area contributed by atoms with Crippen molar-refractivity contribution in [2.24, 2.45) is 0 Å². The zero-order chi connectivity index (χ0) is 20.9. The molecule has 0 N–H and O–H groups in total. The number of nitrogens with zero attached hydrogens (tertiary/aromatic N) is 3. The third kappa shape index (κ3) is 5.35. The van der Waals surface area contributed by atoms with Crippen LogP contribution < -0.4 is 4.74 Å². The first-order chi connectivity index (χ1) is 13.9. The highest BCUT2D eigenvalue weighted by Gasteiger charge is 2.23. The molecule has 1 saturated heterocycles. The lowest BCUT2D eigenvalue weighted by Crippen LogP contribution is -2.49. The first kappa shape index (κ1) is 21.3. The Labute approximate surface area is 172 Å². The number of hydrogen-bond acceptors (Lipinski definition) is 5. The van der Waals surface area contributed by atoms with E-state index in [2.05, 4.69) is 4.90 Å². The fourth-order valence-electron chi connectivity index (χ4n) is 3.15. The summed E-state index contributed by atoms with van der Waals surface area (Å²) in [6, 6.07) is 15.9. The second-order valence-corrected chi connectivity index (χ2v) is 9.26. The Morgan fingerprint density at radius 2 is 1.59 bits per heavy atom. The van der Waals surface area contributed by atoms with Crippen LogP contribution >= 0.6 is 0 Å². The van der Waals surface area contributed by atoms with Gasteiger partial charge in [0.15, 0.2) is 0 Å². The molecule has 8 heteroatoms. The predicted molar refractivity (Wildman–Crippen MR) is 112 cm³/mol. The van der Waals surface area contributed by atoms with Crippen molar-refractivity contribution in [3.8, 4) is 5.75 Å². The molecule has 1 fully saturated rings. The molecule has 7 nitrogen and oxygen atoms in total. The van der Waals surface area contributed by atoms with Gasteiger partial charge in [-0.1, -0.05) is 18.2 Å². The molecule has 0 radical (unpaired) electrons. The standard InChI is InChI=1S/C21H27N3O4S/c1-22(2)29(26,27)20-10-8-18(9-11-20)21(25)24-14-12-23(13-15-24)16-17-28-19-6-4-3-5-7-19/h3-11H,12-17H2,1-2H3. The normalized spacial score (nSPS) is 15.5. The van der Waals surface area contributed by atoms with Crippen molar-refractivity contribution in [1.29, 1.82) is 0 Å². The van der Waals surface area contributed by atoms with Crippen molar-refractivity contribution >= 4 is 15.9 Å². The lowest BCUT2D eigenvalue weighted by atomic mass is 10.2. The summed E-state index contributed by atoms with van der Waals surface area (Å²) in [5.74, 6) is 0.792. The SMILES string of the molecule is CN(C)S(=O)(=O)c1ccc(C(=O)N2CCN(CCOc3ccccc3)CC2)cc1. The average Bonchev–Trinajstić information content (AvgIpc) is 2.74. The van der Waals surface area contributed by atoms with E-state index in [4.69, 9.17) is 4.74 Å². The Morgan fingerprint density at radius 3 is 2.17 bits per heavy atom. The molecule has 1 aliphatic rings. The molecule has 2 aromatic carbocycles. The Hall–Kier alpha value is -2.42. The number of rotatable bonds is 7. The quantitative estimate of drug-likeness (QED) is 0.687. The average molecular weight is 418 g/mol. The summed E-state index contributed by atoms with van der Waals surface area (Å²) >= 11 is 0. The maximum Gasteiger partial charge on any atom is 0.253 e. The summed E-state index contributed by atoms with van der Waals surface area (Å²) in [6.07, 6.45) is 0. The molecule has 0 bridgehead atoms. The Bertz CT molecular complexity index is 907. The first-order valence-electron chi connectivity index (χ1n) is 9.60. The summed E-state index contributed by atoms with van der Waals surface area (Å²) in [5, 5.41) is 0. The van der Waals surface area contributed by atoms with Gasteiger partial charge in [-0.25, -0.2) is 12.7 Å². The van der Waals surface area contributed by atoms with Gasteiger partial charge in [0.05, 0.1) is 4.90 Å². The van der Waals surface area contributed by atoms with Crippen LogP contribution in [0.1, 0.15) is 10.4 Å². The molecule has 1 heterocycles. The summed E-state index contributed by atoms with van der Waals surface area (Å²) in [7, 11) is -0.521. The lowest BCUT2D eigenvalue weighted by molar-refractivity contribution is 0.0620. The monoisotopic (exact) mass is 417 g/mol. The highest BCUT2D eigenvalue weighted by Crippen LogP contribution is 2.16. The van der Waals surface area contributed by atoms with E-state index in [0.29, 0.717) is 25.3 Å². The van der Waals surface area contributed by atoms with Gasteiger partial charge in [0.25, 0.3) is 5.91 Å². The van der Waals surface area contributed by atoms with E-state index in [9.17, 15) is 13.2 Å². The third-order valence-corrected chi connectivity index (χ3v) is 6.79. The summed E-state index contributed by atoms with van der Waals surface area (Å²) in [4.78, 5) is 17.0. The van der Waals surface area contributed by atoms with Gasteiger partial charge < -0.3 is 9.64 Å². The zero-order valence-electron chi connectivity index (χ0n) is 16.8. The minimum atomic E-state index is -3.49. The molecule has 156 valence electrons. The minimum Gasteiger partial charge on any atom is -0.492 e. The number of amides is 1. The predicted octanol–water partition coefficient (Wildman–Crippen LogP) is 1.77. The lowest BCUT2D eigenvalue weighted by Gasteiger charge is -2.34. The maximum absolute atomic E-state index is 12.7. The molecule has 1 aliphatic heterocycles. The molecule has 0 aliphatic carbocycles. The molecule has 0 unspecified atom stereocenters. The molecule has 0 atom stereocenters. The van der Waals surface area contributed by atoms with Crippen LogP contribution in [-0.4, -0.2) is 81.9 Å².